The van der Waals surface area contributed by atoms with Crippen LogP contribution in [0.15, 0.2) is 18.3 Å². The summed E-state index contributed by atoms with van der Waals surface area (Å²) in [5.74, 6) is 0.512. The predicted molar refractivity (Wildman–Crippen MR) is 70.8 cm³/mol. The molecule has 2 atom stereocenters. The van der Waals surface area contributed by atoms with Crippen LogP contribution in [0.25, 0.3) is 0 Å². The van der Waals surface area contributed by atoms with Gasteiger partial charge in [-0.15, -0.1) is 0 Å². The highest BCUT2D eigenvalue weighted by Gasteiger charge is 2.20. The first-order valence-corrected chi connectivity index (χ1v) is 6.60. The number of aromatic nitrogens is 1. The van der Waals surface area contributed by atoms with Crippen molar-refractivity contribution in [3.05, 3.63) is 24.0 Å². The minimum atomic E-state index is -0.984. The van der Waals surface area contributed by atoms with E-state index in [-0.39, 0.29) is 5.69 Å². The Balaban J connectivity index is 1.87. The van der Waals surface area contributed by atoms with Gasteiger partial charge in [0, 0.05) is 6.54 Å². The molecule has 1 aromatic rings. The number of hydrogen-bond acceptors (Lipinski definition) is 3. The smallest absolute Gasteiger partial charge is 0.354 e. The Morgan fingerprint density at radius 2 is 2.22 bits per heavy atom. The number of aromatic carboxylic acids is 1. The number of nitrogens with zero attached hydrogens (tertiary/aromatic N) is 1. The number of nitrogens with one attached hydrogen (secondary N) is 1. The monoisotopic (exact) mass is 248 g/mol. The number of carbonyl (C=O) groups is 1. The van der Waals surface area contributed by atoms with Crippen molar-refractivity contribution >= 4 is 11.7 Å². The van der Waals surface area contributed by atoms with Crippen molar-refractivity contribution in [1.82, 2.24) is 4.98 Å². The van der Waals surface area contributed by atoms with Crippen LogP contribution < -0.4 is 5.32 Å². The largest absolute Gasteiger partial charge is 0.477 e. The molecule has 4 heteroatoms. The first kappa shape index (κ1) is 12.9. The molecule has 1 aromatic heterocycles. The van der Waals surface area contributed by atoms with Gasteiger partial charge in [-0.2, -0.15) is 0 Å². The van der Waals surface area contributed by atoms with Gasteiger partial charge in [0.25, 0.3) is 0 Å². The Labute approximate surface area is 107 Å². The van der Waals surface area contributed by atoms with Crippen LogP contribution in [0.1, 0.15) is 43.1 Å². The highest BCUT2D eigenvalue weighted by Crippen LogP contribution is 2.29. The number of carboxylic acids is 1. The second-order valence-electron chi connectivity index (χ2n) is 5.14. The Morgan fingerprint density at radius 1 is 1.44 bits per heavy atom. The van der Waals surface area contributed by atoms with E-state index < -0.39 is 5.97 Å². The van der Waals surface area contributed by atoms with E-state index in [9.17, 15) is 4.79 Å². The normalized spacial score (nSPS) is 23.6. The van der Waals surface area contributed by atoms with Gasteiger partial charge in [0.1, 0.15) is 5.69 Å². The van der Waals surface area contributed by atoms with Crippen LogP contribution in [-0.4, -0.2) is 22.6 Å². The molecular weight excluding hydrogens is 228 g/mol. The van der Waals surface area contributed by atoms with Gasteiger partial charge >= 0.3 is 5.97 Å². The maximum Gasteiger partial charge on any atom is 0.354 e. The van der Waals surface area contributed by atoms with Crippen LogP contribution in [0.4, 0.5) is 5.69 Å². The number of anilines is 1. The number of rotatable bonds is 4. The van der Waals surface area contributed by atoms with Crippen molar-refractivity contribution in [2.75, 3.05) is 11.9 Å². The lowest BCUT2D eigenvalue weighted by atomic mass is 9.80. The van der Waals surface area contributed by atoms with Gasteiger partial charge < -0.3 is 10.4 Å². The molecule has 1 heterocycles. The van der Waals surface area contributed by atoms with Crippen LogP contribution in [0.2, 0.25) is 0 Å². The van der Waals surface area contributed by atoms with Gasteiger partial charge in [-0.05, 0) is 30.4 Å². The minimum absolute atomic E-state index is 0.0894. The van der Waals surface area contributed by atoms with Crippen molar-refractivity contribution in [3.63, 3.8) is 0 Å². The maximum absolute atomic E-state index is 10.7. The van der Waals surface area contributed by atoms with Gasteiger partial charge in [-0.1, -0.05) is 26.2 Å². The van der Waals surface area contributed by atoms with Crippen LogP contribution in [0.5, 0.6) is 0 Å². The average molecular weight is 248 g/mol. The predicted octanol–water partition coefficient (Wildman–Crippen LogP) is 3.02. The molecule has 2 unspecified atom stereocenters. The summed E-state index contributed by atoms with van der Waals surface area (Å²) in [6, 6.07) is 3.32. The molecule has 1 saturated carbocycles. The van der Waals surface area contributed by atoms with Crippen LogP contribution in [0.3, 0.4) is 0 Å². The molecule has 18 heavy (non-hydrogen) atoms. The highest BCUT2D eigenvalue weighted by atomic mass is 16.4. The van der Waals surface area contributed by atoms with Gasteiger partial charge in [0.15, 0.2) is 0 Å². The summed E-state index contributed by atoms with van der Waals surface area (Å²) in [6.45, 7) is 3.27. The molecule has 0 spiro atoms. The lowest BCUT2D eigenvalue weighted by Crippen LogP contribution is -2.24. The zero-order chi connectivity index (χ0) is 13.0. The SMILES string of the molecule is CC1CCCCC1CNc1ccc(C(=O)O)nc1. The summed E-state index contributed by atoms with van der Waals surface area (Å²) in [5, 5.41) is 12.1. The third kappa shape index (κ3) is 3.22. The minimum Gasteiger partial charge on any atom is -0.477 e. The first-order valence-electron chi connectivity index (χ1n) is 6.60. The van der Waals surface area contributed by atoms with E-state index in [4.69, 9.17) is 5.11 Å². The standard InChI is InChI=1S/C14H20N2O2/c1-10-4-2-3-5-11(10)8-15-12-6-7-13(14(17)18)16-9-12/h6-7,9-11,15H,2-5,8H2,1H3,(H,17,18). The van der Waals surface area contributed by atoms with Crippen molar-refractivity contribution < 1.29 is 9.90 Å². The fourth-order valence-corrected chi connectivity index (χ4v) is 2.57. The summed E-state index contributed by atoms with van der Waals surface area (Å²) in [6.07, 6.45) is 6.88. The van der Waals surface area contributed by atoms with E-state index >= 15 is 0 Å². The third-order valence-electron chi connectivity index (χ3n) is 3.84. The van der Waals surface area contributed by atoms with Gasteiger partial charge in [-0.3, -0.25) is 0 Å². The molecule has 2 rings (SSSR count). The molecule has 2 N–H and O–H groups in total. The van der Waals surface area contributed by atoms with Crippen LogP contribution >= 0.6 is 0 Å². The molecule has 0 aliphatic heterocycles. The van der Waals surface area contributed by atoms with Crippen molar-refractivity contribution in [2.24, 2.45) is 11.8 Å². The summed E-state index contributed by atoms with van der Waals surface area (Å²) in [4.78, 5) is 14.6. The van der Waals surface area contributed by atoms with E-state index in [2.05, 4.69) is 17.2 Å². The van der Waals surface area contributed by atoms with E-state index in [0.717, 1.165) is 24.1 Å². The Morgan fingerprint density at radius 3 is 2.83 bits per heavy atom. The third-order valence-corrected chi connectivity index (χ3v) is 3.84. The molecule has 1 aliphatic rings. The number of pyridine rings is 1. The molecule has 0 saturated heterocycles. The second-order valence-corrected chi connectivity index (χ2v) is 5.14. The van der Waals surface area contributed by atoms with E-state index in [1.165, 1.54) is 31.7 Å². The summed E-state index contributed by atoms with van der Waals surface area (Å²) in [7, 11) is 0. The molecule has 0 bridgehead atoms. The highest BCUT2D eigenvalue weighted by molar-refractivity contribution is 5.85. The summed E-state index contributed by atoms with van der Waals surface area (Å²) in [5.41, 5.74) is 0.990. The fraction of sp³-hybridized carbons (Fsp3) is 0.571. The maximum atomic E-state index is 10.7. The van der Waals surface area contributed by atoms with E-state index in [0.29, 0.717) is 0 Å². The first-order chi connectivity index (χ1) is 8.66. The molecule has 1 aliphatic carbocycles. The quantitative estimate of drug-likeness (QED) is 0.859. The van der Waals surface area contributed by atoms with E-state index in [1.54, 1.807) is 12.3 Å². The molecule has 0 radical (unpaired) electrons. The van der Waals surface area contributed by atoms with Gasteiger partial charge in [0.05, 0.1) is 11.9 Å². The van der Waals surface area contributed by atoms with Crippen molar-refractivity contribution in [1.29, 1.82) is 0 Å². The number of hydrogen-bond donors (Lipinski definition) is 2. The molecule has 1 fully saturated rings. The topological polar surface area (TPSA) is 62.2 Å². The second kappa shape index (κ2) is 5.85. The Kier molecular flexibility index (Phi) is 4.18. The fourth-order valence-electron chi connectivity index (χ4n) is 2.57. The van der Waals surface area contributed by atoms with Crippen LogP contribution in [0, 0.1) is 11.8 Å². The average Bonchev–Trinajstić information content (AvgIpc) is 2.38. The van der Waals surface area contributed by atoms with E-state index in [1.807, 2.05) is 0 Å². The summed E-state index contributed by atoms with van der Waals surface area (Å²) >= 11 is 0. The molecule has 0 aromatic carbocycles. The number of carboxylic acid groups (broad SMARTS) is 1. The molecule has 4 nitrogen and oxygen atoms in total. The van der Waals surface area contributed by atoms with Gasteiger partial charge in [0.2, 0.25) is 0 Å². The zero-order valence-electron chi connectivity index (χ0n) is 10.7. The lowest BCUT2D eigenvalue weighted by molar-refractivity contribution is 0.0690. The molecule has 0 amide bonds. The molecule has 98 valence electrons. The van der Waals surface area contributed by atoms with Crippen molar-refractivity contribution in [3.8, 4) is 0 Å². The Bertz CT molecular complexity index is 403. The van der Waals surface area contributed by atoms with Gasteiger partial charge in [-0.25, -0.2) is 9.78 Å². The Hall–Kier alpha value is -1.58. The van der Waals surface area contributed by atoms with Crippen LogP contribution in [-0.2, 0) is 0 Å². The zero-order valence-corrected chi connectivity index (χ0v) is 10.7. The molecular formula is C14H20N2O2. The summed E-state index contributed by atoms with van der Waals surface area (Å²) < 4.78 is 0. The lowest BCUT2D eigenvalue weighted by Gasteiger charge is -2.29. The van der Waals surface area contributed by atoms with Crippen molar-refractivity contribution in [2.45, 2.75) is 32.6 Å².